The fraction of sp³-hybridized carbons (Fsp3) is 0.286. The Labute approximate surface area is 151 Å². The topological polar surface area (TPSA) is 54.3 Å². The second-order valence-corrected chi connectivity index (χ2v) is 6.80. The second kappa shape index (κ2) is 6.48. The number of amides is 1. The first-order chi connectivity index (χ1) is 12.6. The van der Waals surface area contributed by atoms with Crippen LogP contribution in [0.25, 0.3) is 22.3 Å². The molecular weight excluding hydrogens is 331 g/mol. The molecule has 0 bridgehead atoms. The highest BCUT2D eigenvalue weighted by molar-refractivity contribution is 6.11. The first-order valence-corrected chi connectivity index (χ1v) is 8.91. The molecule has 0 spiro atoms. The zero-order valence-corrected chi connectivity index (χ0v) is 14.9. The smallest absolute Gasteiger partial charge is 0.255 e. The molecule has 0 saturated carbocycles. The van der Waals surface area contributed by atoms with E-state index in [1.165, 1.54) is 17.7 Å². The van der Waals surface area contributed by atoms with Crippen LogP contribution in [0.15, 0.2) is 40.8 Å². The van der Waals surface area contributed by atoms with Crippen molar-refractivity contribution in [3.05, 3.63) is 53.3 Å². The van der Waals surface area contributed by atoms with Crippen LogP contribution in [0, 0.1) is 5.82 Å². The molecule has 0 unspecified atom stereocenters. The lowest BCUT2D eigenvalue weighted by Gasteiger charge is -2.12. The third kappa shape index (κ3) is 2.73. The van der Waals surface area contributed by atoms with Crippen LogP contribution in [0.4, 0.5) is 10.1 Å². The van der Waals surface area contributed by atoms with Gasteiger partial charge in [0.05, 0.1) is 5.56 Å². The van der Waals surface area contributed by atoms with Crippen LogP contribution in [0.2, 0.25) is 0 Å². The van der Waals surface area contributed by atoms with Gasteiger partial charge >= 0.3 is 0 Å². The van der Waals surface area contributed by atoms with Crippen molar-refractivity contribution in [3.63, 3.8) is 0 Å². The number of benzene rings is 2. The number of hydrogen-bond donors (Lipinski definition) is 2. The lowest BCUT2D eigenvalue weighted by Crippen LogP contribution is -2.18. The van der Waals surface area contributed by atoms with Gasteiger partial charge in [0, 0.05) is 36.3 Å². The zero-order chi connectivity index (χ0) is 18.3. The maximum Gasteiger partial charge on any atom is 0.255 e. The van der Waals surface area contributed by atoms with Crippen LogP contribution in [0.5, 0.6) is 0 Å². The molecule has 0 fully saturated rings. The third-order valence-corrected chi connectivity index (χ3v) is 5.08. The zero-order valence-electron chi connectivity index (χ0n) is 14.9. The summed E-state index contributed by atoms with van der Waals surface area (Å²) in [7, 11) is 1.60. The fourth-order valence-corrected chi connectivity index (χ4v) is 3.66. The summed E-state index contributed by atoms with van der Waals surface area (Å²) in [6, 6.07) is 10.0. The highest BCUT2D eigenvalue weighted by Crippen LogP contribution is 2.40. The number of furan rings is 1. The van der Waals surface area contributed by atoms with Crippen molar-refractivity contribution in [2.45, 2.75) is 25.7 Å². The monoisotopic (exact) mass is 352 g/mol. The number of anilines is 1. The molecule has 26 heavy (non-hydrogen) atoms. The van der Waals surface area contributed by atoms with Gasteiger partial charge in [0.2, 0.25) is 0 Å². The predicted octanol–water partition coefficient (Wildman–Crippen LogP) is 4.91. The number of carbonyl (C=O) groups excluding carboxylic acids is 1. The number of carbonyl (C=O) groups is 1. The SMILES string of the molecule is CNC(=O)c1c(-c2ccc(F)cc2)oc2cc3c(cc12)[C@H](C)CCCN3. The summed E-state index contributed by atoms with van der Waals surface area (Å²) in [6.07, 6.45) is 2.21. The first-order valence-electron chi connectivity index (χ1n) is 8.91. The molecular formula is C21H21FN2O2. The molecule has 4 rings (SSSR count). The Morgan fingerprint density at radius 2 is 2.04 bits per heavy atom. The van der Waals surface area contributed by atoms with Gasteiger partial charge in [0.1, 0.15) is 17.2 Å². The summed E-state index contributed by atoms with van der Waals surface area (Å²) in [5.41, 5.74) is 4.09. The molecule has 0 saturated heterocycles. The molecule has 0 aliphatic carbocycles. The van der Waals surface area contributed by atoms with Gasteiger partial charge in [0.25, 0.3) is 5.91 Å². The molecule has 1 amide bonds. The van der Waals surface area contributed by atoms with Crippen molar-refractivity contribution in [1.29, 1.82) is 0 Å². The quantitative estimate of drug-likeness (QED) is 0.689. The highest BCUT2D eigenvalue weighted by Gasteiger charge is 2.24. The second-order valence-electron chi connectivity index (χ2n) is 6.80. The Bertz CT molecular complexity index is 976. The van der Waals surface area contributed by atoms with Gasteiger partial charge in [-0.1, -0.05) is 6.92 Å². The summed E-state index contributed by atoms with van der Waals surface area (Å²) in [4.78, 5) is 12.6. The number of fused-ring (bicyclic) bond motifs is 2. The summed E-state index contributed by atoms with van der Waals surface area (Å²) < 4.78 is 19.4. The average molecular weight is 352 g/mol. The van der Waals surface area contributed by atoms with Crippen molar-refractivity contribution in [2.24, 2.45) is 0 Å². The van der Waals surface area contributed by atoms with E-state index in [-0.39, 0.29) is 11.7 Å². The van der Waals surface area contributed by atoms with Gasteiger partial charge in [-0.15, -0.1) is 0 Å². The Hall–Kier alpha value is -2.82. The van der Waals surface area contributed by atoms with E-state index in [9.17, 15) is 9.18 Å². The van der Waals surface area contributed by atoms with E-state index < -0.39 is 0 Å². The molecule has 2 aromatic carbocycles. The van der Waals surface area contributed by atoms with Crippen LogP contribution in [-0.4, -0.2) is 19.5 Å². The summed E-state index contributed by atoms with van der Waals surface area (Å²) in [5, 5.41) is 6.94. The maximum atomic E-state index is 13.3. The van der Waals surface area contributed by atoms with Gasteiger partial charge in [-0.05, 0) is 54.7 Å². The predicted molar refractivity (Wildman–Crippen MR) is 101 cm³/mol. The first kappa shape index (κ1) is 16.6. The van der Waals surface area contributed by atoms with Crippen LogP contribution < -0.4 is 10.6 Å². The average Bonchev–Trinajstić information content (AvgIpc) is 2.92. The van der Waals surface area contributed by atoms with Crippen molar-refractivity contribution in [3.8, 4) is 11.3 Å². The molecule has 2 heterocycles. The van der Waals surface area contributed by atoms with Crippen LogP contribution in [0.1, 0.15) is 41.6 Å². The highest BCUT2D eigenvalue weighted by atomic mass is 19.1. The summed E-state index contributed by atoms with van der Waals surface area (Å²) in [6.45, 7) is 3.13. The van der Waals surface area contributed by atoms with E-state index in [1.54, 1.807) is 19.2 Å². The van der Waals surface area contributed by atoms with Gasteiger partial charge in [0.15, 0.2) is 0 Å². The number of halogens is 1. The Balaban J connectivity index is 1.98. The van der Waals surface area contributed by atoms with E-state index >= 15 is 0 Å². The molecule has 0 radical (unpaired) electrons. The number of hydrogen-bond acceptors (Lipinski definition) is 3. The summed E-state index contributed by atoms with van der Waals surface area (Å²) >= 11 is 0. The normalized spacial score (nSPS) is 16.7. The Kier molecular flexibility index (Phi) is 4.15. The van der Waals surface area contributed by atoms with E-state index in [0.29, 0.717) is 28.4 Å². The summed E-state index contributed by atoms with van der Waals surface area (Å²) in [5.74, 6) is 0.339. The molecule has 3 aromatic rings. The molecule has 1 aliphatic rings. The molecule has 1 aliphatic heterocycles. The largest absolute Gasteiger partial charge is 0.455 e. The van der Waals surface area contributed by atoms with Gasteiger partial charge < -0.3 is 15.1 Å². The molecule has 1 aromatic heterocycles. The van der Waals surface area contributed by atoms with Gasteiger partial charge in [-0.25, -0.2) is 4.39 Å². The lowest BCUT2D eigenvalue weighted by atomic mass is 9.93. The third-order valence-electron chi connectivity index (χ3n) is 5.08. The lowest BCUT2D eigenvalue weighted by molar-refractivity contribution is 0.0964. The van der Waals surface area contributed by atoms with Crippen molar-refractivity contribution in [1.82, 2.24) is 5.32 Å². The molecule has 4 nitrogen and oxygen atoms in total. The van der Waals surface area contributed by atoms with Crippen LogP contribution in [-0.2, 0) is 0 Å². The minimum atomic E-state index is -0.323. The molecule has 1 atom stereocenters. The molecule has 5 heteroatoms. The van der Waals surface area contributed by atoms with Crippen molar-refractivity contribution < 1.29 is 13.6 Å². The molecule has 134 valence electrons. The van der Waals surface area contributed by atoms with Crippen LogP contribution in [0.3, 0.4) is 0 Å². The van der Waals surface area contributed by atoms with Crippen molar-refractivity contribution in [2.75, 3.05) is 18.9 Å². The van der Waals surface area contributed by atoms with Gasteiger partial charge in [-0.2, -0.15) is 0 Å². The maximum absolute atomic E-state index is 13.3. The van der Waals surface area contributed by atoms with Crippen molar-refractivity contribution >= 4 is 22.6 Å². The Morgan fingerprint density at radius 3 is 2.77 bits per heavy atom. The van der Waals surface area contributed by atoms with E-state index in [2.05, 4.69) is 23.6 Å². The number of rotatable bonds is 2. The van der Waals surface area contributed by atoms with E-state index in [4.69, 9.17) is 4.42 Å². The fourth-order valence-electron chi connectivity index (χ4n) is 3.66. The molecule has 2 N–H and O–H groups in total. The Morgan fingerprint density at radius 1 is 1.27 bits per heavy atom. The van der Waals surface area contributed by atoms with E-state index in [1.807, 2.05) is 6.07 Å². The van der Waals surface area contributed by atoms with Gasteiger partial charge in [-0.3, -0.25) is 4.79 Å². The standard InChI is InChI=1S/C21H21FN2O2/c1-12-4-3-9-24-17-11-18-16(10-15(12)17)19(21(25)23-2)20(26-18)13-5-7-14(22)8-6-13/h5-8,10-12,24H,3-4,9H2,1-2H3,(H,23,25)/t12-/m1/s1. The minimum Gasteiger partial charge on any atom is -0.455 e. The number of nitrogens with one attached hydrogen (secondary N) is 2. The van der Waals surface area contributed by atoms with Crippen LogP contribution >= 0.6 is 0 Å². The van der Waals surface area contributed by atoms with E-state index in [0.717, 1.165) is 30.5 Å². The minimum absolute atomic E-state index is 0.211.